The first-order valence-electron chi connectivity index (χ1n) is 3.87. The molecule has 2 aliphatic rings. The summed E-state index contributed by atoms with van der Waals surface area (Å²) in [7, 11) is 2.10. The van der Waals surface area contributed by atoms with Gasteiger partial charge in [0.25, 0.3) is 0 Å². The van der Waals surface area contributed by atoms with Gasteiger partial charge in [0.15, 0.2) is 0 Å². The molecule has 0 spiro atoms. The smallest absolute Gasteiger partial charge is 0.0720 e. The number of nitrogens with one attached hydrogen (secondary N) is 1. The highest BCUT2D eigenvalue weighted by Gasteiger charge is 2.40. The first-order chi connectivity index (χ1) is 4.77. The van der Waals surface area contributed by atoms with Crippen molar-refractivity contribution in [3.63, 3.8) is 0 Å². The van der Waals surface area contributed by atoms with Crippen LogP contribution in [0.2, 0.25) is 0 Å². The van der Waals surface area contributed by atoms with Gasteiger partial charge in [0, 0.05) is 31.6 Å². The number of hydrogen-bond acceptors (Lipinski definition) is 3. The van der Waals surface area contributed by atoms with Crippen LogP contribution >= 0.6 is 0 Å². The Hall–Kier alpha value is -0.120. The lowest BCUT2D eigenvalue weighted by Gasteiger charge is -2.10. The van der Waals surface area contributed by atoms with Gasteiger partial charge >= 0.3 is 0 Å². The molecule has 2 heterocycles. The van der Waals surface area contributed by atoms with Crippen molar-refractivity contribution in [1.82, 2.24) is 10.2 Å². The maximum atomic E-state index is 9.43. The van der Waals surface area contributed by atoms with E-state index in [0.717, 1.165) is 19.6 Å². The summed E-state index contributed by atoms with van der Waals surface area (Å²) in [6.07, 6.45) is -0.102. The number of likely N-dealkylation sites (tertiary alicyclic amines) is 1. The highest BCUT2D eigenvalue weighted by atomic mass is 16.3. The van der Waals surface area contributed by atoms with Crippen LogP contribution in [0, 0.1) is 5.92 Å². The third-order valence-electron chi connectivity index (χ3n) is 2.63. The summed E-state index contributed by atoms with van der Waals surface area (Å²) in [5.74, 6) is 0.491. The van der Waals surface area contributed by atoms with Gasteiger partial charge in [-0.2, -0.15) is 0 Å². The van der Waals surface area contributed by atoms with Gasteiger partial charge in [0.05, 0.1) is 6.10 Å². The van der Waals surface area contributed by atoms with Crippen molar-refractivity contribution in [2.45, 2.75) is 12.1 Å². The molecule has 3 unspecified atom stereocenters. The van der Waals surface area contributed by atoms with E-state index in [2.05, 4.69) is 17.3 Å². The van der Waals surface area contributed by atoms with Crippen LogP contribution in [0.25, 0.3) is 0 Å². The van der Waals surface area contributed by atoms with E-state index in [0.29, 0.717) is 12.0 Å². The number of aliphatic hydroxyl groups excluding tert-OH is 1. The molecule has 0 amide bonds. The average molecular weight is 142 g/mol. The van der Waals surface area contributed by atoms with Crippen molar-refractivity contribution < 1.29 is 5.11 Å². The normalized spacial score (nSPS) is 48.0. The summed E-state index contributed by atoms with van der Waals surface area (Å²) < 4.78 is 0. The number of hydrogen-bond donors (Lipinski definition) is 2. The number of nitrogens with zero attached hydrogens (tertiary/aromatic N) is 1. The third kappa shape index (κ3) is 0.856. The number of likely N-dealkylation sites (N-methyl/N-ethyl adjacent to an activating group) is 1. The van der Waals surface area contributed by atoms with Gasteiger partial charge < -0.3 is 15.3 Å². The summed E-state index contributed by atoms with van der Waals surface area (Å²) in [5, 5.41) is 12.7. The van der Waals surface area contributed by atoms with Crippen molar-refractivity contribution >= 4 is 0 Å². The van der Waals surface area contributed by atoms with Gasteiger partial charge in [-0.25, -0.2) is 0 Å². The molecule has 0 saturated carbocycles. The summed E-state index contributed by atoms with van der Waals surface area (Å²) in [6.45, 7) is 2.95. The number of β-amino-alcohol motifs (C(OH)–C–C–N with tert-alkyl or cyclic N) is 1. The van der Waals surface area contributed by atoms with Crippen molar-refractivity contribution in [3.8, 4) is 0 Å². The lowest BCUT2D eigenvalue weighted by Crippen LogP contribution is -2.28. The Morgan fingerprint density at radius 3 is 3.00 bits per heavy atom. The van der Waals surface area contributed by atoms with E-state index in [4.69, 9.17) is 0 Å². The first kappa shape index (κ1) is 6.58. The quantitative estimate of drug-likeness (QED) is 0.450. The van der Waals surface area contributed by atoms with E-state index in [1.54, 1.807) is 0 Å². The molecular formula is C7H14N2O. The van der Waals surface area contributed by atoms with E-state index in [9.17, 15) is 5.11 Å². The molecule has 0 aromatic rings. The second-order valence-corrected chi connectivity index (χ2v) is 3.47. The van der Waals surface area contributed by atoms with Gasteiger partial charge in [-0.3, -0.25) is 0 Å². The van der Waals surface area contributed by atoms with E-state index in [-0.39, 0.29) is 6.10 Å². The van der Waals surface area contributed by atoms with Crippen LogP contribution in [0.15, 0.2) is 0 Å². The lowest BCUT2D eigenvalue weighted by atomic mass is 10.0. The Morgan fingerprint density at radius 2 is 2.30 bits per heavy atom. The highest BCUT2D eigenvalue weighted by Crippen LogP contribution is 2.23. The van der Waals surface area contributed by atoms with E-state index < -0.39 is 0 Å². The molecule has 2 saturated heterocycles. The van der Waals surface area contributed by atoms with E-state index in [1.807, 2.05) is 0 Å². The third-order valence-corrected chi connectivity index (χ3v) is 2.63. The van der Waals surface area contributed by atoms with E-state index in [1.165, 1.54) is 0 Å². The molecule has 58 valence electrons. The molecule has 3 heteroatoms. The second-order valence-electron chi connectivity index (χ2n) is 3.47. The van der Waals surface area contributed by atoms with E-state index >= 15 is 0 Å². The fraction of sp³-hybridized carbons (Fsp3) is 1.00. The Balaban J connectivity index is 2.05. The molecule has 10 heavy (non-hydrogen) atoms. The van der Waals surface area contributed by atoms with Crippen molar-refractivity contribution in [2.24, 2.45) is 5.92 Å². The zero-order valence-corrected chi connectivity index (χ0v) is 6.25. The number of rotatable bonds is 0. The summed E-state index contributed by atoms with van der Waals surface area (Å²) >= 11 is 0. The topological polar surface area (TPSA) is 35.5 Å². The molecule has 0 radical (unpaired) electrons. The Morgan fingerprint density at radius 1 is 1.50 bits per heavy atom. The fourth-order valence-corrected chi connectivity index (χ4v) is 2.06. The number of aliphatic hydroxyl groups is 1. The highest BCUT2D eigenvalue weighted by molar-refractivity contribution is 4.97. The maximum absolute atomic E-state index is 9.43. The Labute approximate surface area is 61.0 Å². The molecule has 0 aromatic heterocycles. The van der Waals surface area contributed by atoms with Gasteiger partial charge in [0.1, 0.15) is 0 Å². The van der Waals surface area contributed by atoms with Crippen molar-refractivity contribution in [2.75, 3.05) is 26.7 Å². The van der Waals surface area contributed by atoms with Crippen LogP contribution in [-0.4, -0.2) is 48.8 Å². The summed E-state index contributed by atoms with van der Waals surface area (Å²) in [4.78, 5) is 2.27. The molecule has 0 aliphatic carbocycles. The Bertz CT molecular complexity index is 140. The standard InChI is InChI=1S/C7H14N2O/c1-9-3-5-6(4-9)8-2-7(5)10/h5-8,10H,2-4H2,1H3. The number of fused-ring (bicyclic) bond motifs is 1. The molecule has 2 N–H and O–H groups in total. The molecule has 0 aromatic carbocycles. The predicted octanol–water partition coefficient (Wildman–Crippen LogP) is -1.12. The van der Waals surface area contributed by atoms with Crippen molar-refractivity contribution in [3.05, 3.63) is 0 Å². The molecule has 3 nitrogen and oxygen atoms in total. The van der Waals surface area contributed by atoms with Crippen molar-refractivity contribution in [1.29, 1.82) is 0 Å². The summed E-state index contributed by atoms with van der Waals surface area (Å²) in [6, 6.07) is 0.556. The zero-order valence-electron chi connectivity index (χ0n) is 6.25. The SMILES string of the molecule is CN1CC2NCC(O)C2C1. The maximum Gasteiger partial charge on any atom is 0.0720 e. The summed E-state index contributed by atoms with van der Waals surface area (Å²) in [5.41, 5.74) is 0. The second kappa shape index (κ2) is 2.19. The molecule has 2 rings (SSSR count). The predicted molar refractivity (Wildman–Crippen MR) is 38.8 cm³/mol. The molecule has 0 bridgehead atoms. The average Bonchev–Trinajstić information content (AvgIpc) is 2.35. The van der Waals surface area contributed by atoms with Gasteiger partial charge in [-0.05, 0) is 7.05 Å². The minimum Gasteiger partial charge on any atom is -0.391 e. The van der Waals surface area contributed by atoms with Gasteiger partial charge in [-0.15, -0.1) is 0 Å². The molecule has 2 fully saturated rings. The van der Waals surface area contributed by atoms with Crippen LogP contribution in [0.4, 0.5) is 0 Å². The monoisotopic (exact) mass is 142 g/mol. The Kier molecular flexibility index (Phi) is 1.44. The minimum atomic E-state index is -0.102. The molecule has 2 aliphatic heterocycles. The lowest BCUT2D eigenvalue weighted by molar-refractivity contribution is 0.142. The van der Waals surface area contributed by atoms with Gasteiger partial charge in [-0.1, -0.05) is 0 Å². The fourth-order valence-electron chi connectivity index (χ4n) is 2.06. The largest absolute Gasteiger partial charge is 0.391 e. The van der Waals surface area contributed by atoms with Crippen LogP contribution < -0.4 is 5.32 Å². The van der Waals surface area contributed by atoms with Crippen LogP contribution in [0.5, 0.6) is 0 Å². The first-order valence-corrected chi connectivity index (χ1v) is 3.87. The zero-order chi connectivity index (χ0) is 7.14. The van der Waals surface area contributed by atoms with Gasteiger partial charge in [0.2, 0.25) is 0 Å². The van der Waals surface area contributed by atoms with Crippen LogP contribution in [0.1, 0.15) is 0 Å². The van der Waals surface area contributed by atoms with Crippen LogP contribution in [0.3, 0.4) is 0 Å². The van der Waals surface area contributed by atoms with Crippen LogP contribution in [-0.2, 0) is 0 Å². The molecule has 3 atom stereocenters. The minimum absolute atomic E-state index is 0.102. The molecular weight excluding hydrogens is 128 g/mol.